The van der Waals surface area contributed by atoms with E-state index in [1.807, 2.05) is 49.9 Å². The van der Waals surface area contributed by atoms with Gasteiger partial charge in [-0.3, -0.25) is 9.69 Å². The van der Waals surface area contributed by atoms with Gasteiger partial charge in [0, 0.05) is 18.3 Å². The van der Waals surface area contributed by atoms with Crippen molar-refractivity contribution < 1.29 is 4.79 Å². The van der Waals surface area contributed by atoms with Gasteiger partial charge in [-0.2, -0.15) is 0 Å². The number of hydrogen-bond acceptors (Lipinski definition) is 3. The molecular weight excluding hydrogens is 258 g/mol. The van der Waals surface area contributed by atoms with E-state index in [4.69, 9.17) is 18.0 Å². The fourth-order valence-corrected chi connectivity index (χ4v) is 1.89. The van der Waals surface area contributed by atoms with Crippen molar-refractivity contribution in [3.05, 3.63) is 29.8 Å². The van der Waals surface area contributed by atoms with Crippen molar-refractivity contribution in [1.82, 2.24) is 4.90 Å². The molecule has 3 N–H and O–H groups in total. The van der Waals surface area contributed by atoms with Crippen molar-refractivity contribution in [2.45, 2.75) is 26.8 Å². The van der Waals surface area contributed by atoms with E-state index in [9.17, 15) is 4.79 Å². The van der Waals surface area contributed by atoms with Crippen LogP contribution in [0.3, 0.4) is 0 Å². The first kappa shape index (κ1) is 15.6. The van der Waals surface area contributed by atoms with Crippen molar-refractivity contribution >= 4 is 28.8 Å². The Kier molecular flexibility index (Phi) is 5.92. The summed E-state index contributed by atoms with van der Waals surface area (Å²) >= 11 is 4.90. The van der Waals surface area contributed by atoms with Crippen LogP contribution in [0.15, 0.2) is 24.3 Å². The topological polar surface area (TPSA) is 58.4 Å². The highest BCUT2D eigenvalue weighted by atomic mass is 32.1. The van der Waals surface area contributed by atoms with Crippen molar-refractivity contribution in [3.63, 3.8) is 0 Å². The van der Waals surface area contributed by atoms with Gasteiger partial charge in [0.1, 0.15) is 0 Å². The summed E-state index contributed by atoms with van der Waals surface area (Å²) in [5.74, 6) is -0.0597. The van der Waals surface area contributed by atoms with Gasteiger partial charge >= 0.3 is 0 Å². The number of amides is 1. The number of benzene rings is 1. The minimum atomic E-state index is -0.0597. The molecule has 0 aliphatic rings. The number of thiocarbonyl (C=S) groups is 1. The second-order valence-corrected chi connectivity index (χ2v) is 5.41. The summed E-state index contributed by atoms with van der Waals surface area (Å²) < 4.78 is 0. The van der Waals surface area contributed by atoms with Crippen LogP contribution in [0.4, 0.5) is 5.69 Å². The Balaban J connectivity index is 2.60. The van der Waals surface area contributed by atoms with Crippen LogP contribution in [0.5, 0.6) is 0 Å². The van der Waals surface area contributed by atoms with E-state index in [1.165, 1.54) is 0 Å². The minimum absolute atomic E-state index is 0.0597. The van der Waals surface area contributed by atoms with Crippen LogP contribution in [0.25, 0.3) is 0 Å². The van der Waals surface area contributed by atoms with Gasteiger partial charge in [0.25, 0.3) is 0 Å². The quantitative estimate of drug-likeness (QED) is 0.781. The molecule has 0 heterocycles. The van der Waals surface area contributed by atoms with E-state index in [0.717, 1.165) is 11.3 Å². The molecule has 0 fully saturated rings. The first-order valence-electron chi connectivity index (χ1n) is 6.27. The molecule has 19 heavy (non-hydrogen) atoms. The van der Waals surface area contributed by atoms with Crippen LogP contribution in [0, 0.1) is 6.92 Å². The second kappa shape index (κ2) is 7.21. The molecule has 4 nitrogen and oxygen atoms in total. The summed E-state index contributed by atoms with van der Waals surface area (Å²) in [4.78, 5) is 14.3. The molecule has 0 bridgehead atoms. The van der Waals surface area contributed by atoms with Crippen molar-refractivity contribution in [3.8, 4) is 0 Å². The third-order valence-electron chi connectivity index (χ3n) is 2.74. The molecule has 1 rings (SSSR count). The molecular formula is C14H21N3OS. The third kappa shape index (κ3) is 5.81. The fraction of sp³-hybridized carbons (Fsp3) is 0.429. The first-order valence-corrected chi connectivity index (χ1v) is 6.68. The van der Waals surface area contributed by atoms with Crippen LogP contribution in [0.2, 0.25) is 0 Å². The normalized spacial score (nSPS) is 10.8. The van der Waals surface area contributed by atoms with Crippen LogP contribution in [0.1, 0.15) is 19.4 Å². The summed E-state index contributed by atoms with van der Waals surface area (Å²) in [5, 5.41) is 2.88. The molecule has 0 aromatic heterocycles. The van der Waals surface area contributed by atoms with Gasteiger partial charge in [0.2, 0.25) is 5.91 Å². The minimum Gasteiger partial charge on any atom is -0.392 e. The highest BCUT2D eigenvalue weighted by Crippen LogP contribution is 2.09. The smallest absolute Gasteiger partial charge is 0.238 e. The number of aryl methyl sites for hydroxylation is 1. The molecule has 0 atom stereocenters. The summed E-state index contributed by atoms with van der Waals surface area (Å²) in [6.07, 6.45) is 0. The number of hydrogen-bond donors (Lipinski definition) is 2. The van der Waals surface area contributed by atoms with Gasteiger partial charge in [0.05, 0.1) is 11.5 Å². The van der Waals surface area contributed by atoms with E-state index in [-0.39, 0.29) is 18.5 Å². The predicted molar refractivity (Wildman–Crippen MR) is 83.3 cm³/mol. The molecule has 0 spiro atoms. The Labute approximate surface area is 120 Å². The zero-order valence-electron chi connectivity index (χ0n) is 11.6. The third-order valence-corrected chi connectivity index (χ3v) is 2.87. The first-order chi connectivity index (χ1) is 8.88. The number of carbonyl (C=O) groups is 1. The summed E-state index contributed by atoms with van der Waals surface area (Å²) in [7, 11) is 0. The van der Waals surface area contributed by atoms with Crippen molar-refractivity contribution in [2.75, 3.05) is 18.4 Å². The lowest BCUT2D eigenvalue weighted by atomic mass is 10.2. The maximum atomic E-state index is 12.0. The highest BCUT2D eigenvalue weighted by Gasteiger charge is 2.14. The Bertz CT molecular complexity index is 460. The molecule has 0 saturated heterocycles. The number of nitrogens with two attached hydrogens (primary N) is 1. The number of anilines is 1. The van der Waals surface area contributed by atoms with Gasteiger partial charge in [-0.15, -0.1) is 0 Å². The van der Waals surface area contributed by atoms with Gasteiger partial charge < -0.3 is 11.1 Å². The molecule has 0 unspecified atom stereocenters. The maximum absolute atomic E-state index is 12.0. The molecule has 1 aromatic rings. The Morgan fingerprint density at radius 2 is 2.11 bits per heavy atom. The van der Waals surface area contributed by atoms with Crippen LogP contribution in [-0.2, 0) is 4.79 Å². The predicted octanol–water partition coefficient (Wildman–Crippen LogP) is 1.93. The van der Waals surface area contributed by atoms with Gasteiger partial charge in [-0.1, -0.05) is 24.4 Å². The standard InChI is InChI=1S/C14H21N3OS/c1-10(2)17(8-13(15)19)9-14(18)16-12-6-4-5-11(3)7-12/h4-7,10H,8-9H2,1-3H3,(H2,15,19)(H,16,18). The Morgan fingerprint density at radius 1 is 1.42 bits per heavy atom. The molecule has 0 aliphatic carbocycles. The summed E-state index contributed by atoms with van der Waals surface area (Å²) in [6, 6.07) is 7.93. The molecule has 104 valence electrons. The van der Waals surface area contributed by atoms with E-state index in [0.29, 0.717) is 11.5 Å². The van der Waals surface area contributed by atoms with Crippen molar-refractivity contribution in [1.29, 1.82) is 0 Å². The van der Waals surface area contributed by atoms with Gasteiger partial charge in [-0.25, -0.2) is 0 Å². The highest BCUT2D eigenvalue weighted by molar-refractivity contribution is 7.80. The van der Waals surface area contributed by atoms with Gasteiger partial charge in [0.15, 0.2) is 0 Å². The Hall–Kier alpha value is -1.46. The zero-order valence-corrected chi connectivity index (χ0v) is 12.5. The Morgan fingerprint density at radius 3 is 2.63 bits per heavy atom. The van der Waals surface area contributed by atoms with E-state index < -0.39 is 0 Å². The second-order valence-electron chi connectivity index (χ2n) is 4.88. The van der Waals surface area contributed by atoms with E-state index >= 15 is 0 Å². The number of rotatable bonds is 6. The average Bonchev–Trinajstić information content (AvgIpc) is 2.27. The SMILES string of the molecule is Cc1cccc(NC(=O)CN(CC(N)=S)C(C)C)c1. The summed E-state index contributed by atoms with van der Waals surface area (Å²) in [6.45, 7) is 6.75. The lowest BCUT2D eigenvalue weighted by molar-refractivity contribution is -0.117. The average molecular weight is 279 g/mol. The largest absolute Gasteiger partial charge is 0.392 e. The number of carbonyl (C=O) groups excluding carboxylic acids is 1. The van der Waals surface area contributed by atoms with Crippen LogP contribution < -0.4 is 11.1 Å². The lowest BCUT2D eigenvalue weighted by Gasteiger charge is -2.25. The fourth-order valence-electron chi connectivity index (χ4n) is 1.73. The van der Waals surface area contributed by atoms with Crippen LogP contribution >= 0.6 is 12.2 Å². The lowest BCUT2D eigenvalue weighted by Crippen LogP contribution is -2.42. The van der Waals surface area contributed by atoms with Crippen molar-refractivity contribution in [2.24, 2.45) is 5.73 Å². The monoisotopic (exact) mass is 279 g/mol. The van der Waals surface area contributed by atoms with Crippen LogP contribution in [-0.4, -0.2) is 34.9 Å². The molecule has 0 aliphatic heterocycles. The van der Waals surface area contributed by atoms with E-state index in [1.54, 1.807) is 0 Å². The molecule has 1 amide bonds. The number of nitrogens with zero attached hydrogens (tertiary/aromatic N) is 1. The van der Waals surface area contributed by atoms with Gasteiger partial charge in [-0.05, 0) is 38.5 Å². The molecule has 0 radical (unpaired) electrons. The zero-order chi connectivity index (χ0) is 14.4. The molecule has 0 saturated carbocycles. The summed E-state index contributed by atoms with van der Waals surface area (Å²) in [5.41, 5.74) is 7.46. The maximum Gasteiger partial charge on any atom is 0.238 e. The van der Waals surface area contributed by atoms with E-state index in [2.05, 4.69) is 5.32 Å². The number of nitrogens with one attached hydrogen (secondary N) is 1. The molecule has 5 heteroatoms. The molecule has 1 aromatic carbocycles.